The fraction of sp³-hybridized carbons (Fsp3) is 0.0556. The molecule has 0 N–H and O–H groups in total. The average molecular weight is 788 g/mol. The Bertz CT molecular complexity index is 2120. The highest BCUT2D eigenvalue weighted by atomic mass is 28.4. The summed E-state index contributed by atoms with van der Waals surface area (Å²) in [6.45, 7) is -4.28. The van der Waals surface area contributed by atoms with Crippen LogP contribution in [0, 0.1) is 58.2 Å². The van der Waals surface area contributed by atoms with E-state index in [1.54, 1.807) is 0 Å². The van der Waals surface area contributed by atoms with Crippen molar-refractivity contribution >= 4 is 41.5 Å². The molecular formula is C36H16BF15OSi. The Kier molecular flexibility index (Phi) is 10.1. The van der Waals surface area contributed by atoms with E-state index >= 15 is 35.1 Å². The van der Waals surface area contributed by atoms with Crippen molar-refractivity contribution in [3.63, 3.8) is 0 Å². The Labute approximate surface area is 295 Å². The molecule has 0 saturated carbocycles. The molecule has 54 heavy (non-hydrogen) atoms. The maximum absolute atomic E-state index is 17.1. The molecular weight excluding hydrogens is 772 g/mol. The minimum atomic E-state index is -5.23. The second-order valence-corrected chi connectivity index (χ2v) is 15.0. The predicted octanol–water partition coefficient (Wildman–Crippen LogP) is 7.30. The first-order valence-electron chi connectivity index (χ1n) is 15.2. The van der Waals surface area contributed by atoms with Crippen LogP contribution in [0.5, 0.6) is 0 Å². The Morgan fingerprint density at radius 3 is 1.04 bits per heavy atom. The zero-order chi connectivity index (χ0) is 39.4. The van der Waals surface area contributed by atoms with Crippen molar-refractivity contribution in [2.45, 2.75) is 11.7 Å². The van der Waals surface area contributed by atoms with Crippen LogP contribution in [0.25, 0.3) is 0 Å². The van der Waals surface area contributed by atoms with Gasteiger partial charge in [0.2, 0.25) is 0 Å². The molecule has 0 aromatic heterocycles. The van der Waals surface area contributed by atoms with Gasteiger partial charge in [0.15, 0.2) is 87.7 Å². The van der Waals surface area contributed by atoms with Gasteiger partial charge >= 0.3 is 0 Å². The van der Waals surface area contributed by atoms with E-state index < -0.39 is 119 Å². The molecule has 0 bridgehead atoms. The highest BCUT2D eigenvalue weighted by Gasteiger charge is 2.67. The van der Waals surface area contributed by atoms with Gasteiger partial charge in [0.25, 0.3) is 15.0 Å². The van der Waals surface area contributed by atoms with Gasteiger partial charge in [0, 0.05) is 10.9 Å². The topological polar surface area (TPSA) is 9.23 Å². The Morgan fingerprint density at radius 2 is 0.722 bits per heavy atom. The smallest absolute Gasteiger partial charge is 0.288 e. The zero-order valence-corrected chi connectivity index (χ0v) is 27.4. The first-order valence-corrected chi connectivity index (χ1v) is 17.1. The molecule has 2 unspecified atom stereocenters. The fourth-order valence-corrected chi connectivity index (χ4v) is 10.6. The number of hydrogen-bond donors (Lipinski definition) is 0. The van der Waals surface area contributed by atoms with Gasteiger partial charge in [-0.2, -0.15) is 0 Å². The van der Waals surface area contributed by atoms with Crippen molar-refractivity contribution in [1.82, 2.24) is 0 Å². The van der Waals surface area contributed by atoms with E-state index in [2.05, 4.69) is 0 Å². The largest absolute Gasteiger partial charge is 0.395 e. The molecule has 0 amide bonds. The summed E-state index contributed by atoms with van der Waals surface area (Å²) in [7, 11) is -5.23. The van der Waals surface area contributed by atoms with Gasteiger partial charge < -0.3 is 4.43 Å². The molecule has 0 aliphatic heterocycles. The van der Waals surface area contributed by atoms with Gasteiger partial charge in [-0.25, -0.2) is 65.9 Å². The van der Waals surface area contributed by atoms with E-state index in [4.69, 9.17) is 4.43 Å². The van der Waals surface area contributed by atoms with Crippen LogP contribution in [0.1, 0.15) is 0 Å². The molecule has 1 aliphatic rings. The van der Waals surface area contributed by atoms with Crippen LogP contribution in [-0.2, 0) is 4.43 Å². The summed E-state index contributed by atoms with van der Waals surface area (Å²) in [5.74, 6) is -43.1. The van der Waals surface area contributed by atoms with E-state index in [9.17, 15) is 30.7 Å². The van der Waals surface area contributed by atoms with Gasteiger partial charge in [-0.1, -0.05) is 91.0 Å². The Balaban J connectivity index is 1.93. The van der Waals surface area contributed by atoms with Crippen LogP contribution in [0.2, 0.25) is 0 Å². The zero-order valence-electron chi connectivity index (χ0n) is 26.4. The highest BCUT2D eigenvalue weighted by molar-refractivity contribution is 7.07. The van der Waals surface area contributed by atoms with Crippen LogP contribution in [0.3, 0.4) is 0 Å². The molecule has 0 fully saturated rings. The van der Waals surface area contributed by atoms with E-state index in [-0.39, 0.29) is 15.6 Å². The average Bonchev–Trinajstić information content (AvgIpc) is 3.20. The summed E-state index contributed by atoms with van der Waals surface area (Å²) < 4.78 is 239. The van der Waals surface area contributed by atoms with Gasteiger partial charge in [0.05, 0.1) is 0 Å². The minimum Gasteiger partial charge on any atom is -0.395 e. The van der Waals surface area contributed by atoms with Gasteiger partial charge in [-0.15, -0.1) is 0 Å². The second kappa shape index (κ2) is 14.2. The fourth-order valence-electron chi connectivity index (χ4n) is 6.48. The third kappa shape index (κ3) is 5.56. The molecule has 0 radical (unpaired) electrons. The summed E-state index contributed by atoms with van der Waals surface area (Å²) in [4.78, 5) is 0. The first-order chi connectivity index (χ1) is 25.5. The summed E-state index contributed by atoms with van der Waals surface area (Å²) in [6.07, 6.45) is -4.44. The molecule has 278 valence electrons. The molecule has 0 spiro atoms. The van der Waals surface area contributed by atoms with E-state index in [0.717, 1.165) is 0 Å². The number of benzene rings is 5. The normalized spacial score (nSPS) is 17.7. The van der Waals surface area contributed by atoms with Crippen molar-refractivity contribution in [2.75, 3.05) is 0 Å². The monoisotopic (exact) mass is 788 g/mol. The van der Waals surface area contributed by atoms with Crippen molar-refractivity contribution in [3.05, 3.63) is 172 Å². The van der Waals surface area contributed by atoms with Crippen LogP contribution in [0.4, 0.5) is 65.9 Å². The van der Waals surface area contributed by atoms with Crippen LogP contribution >= 0.6 is 0 Å². The van der Waals surface area contributed by atoms with Crippen molar-refractivity contribution in [3.8, 4) is 0 Å². The lowest BCUT2D eigenvalue weighted by atomic mass is 9.29. The molecule has 0 heterocycles. The molecule has 5 aromatic rings. The quantitative estimate of drug-likeness (QED) is 0.0528. The number of rotatable bonds is 8. The van der Waals surface area contributed by atoms with Gasteiger partial charge in [-0.3, -0.25) is 0 Å². The lowest BCUT2D eigenvalue weighted by molar-refractivity contribution is 0.0599. The summed E-state index contributed by atoms with van der Waals surface area (Å²) >= 11 is 0. The molecule has 2 atom stereocenters. The minimum absolute atomic E-state index is 0.203. The van der Waals surface area contributed by atoms with Crippen molar-refractivity contribution in [1.29, 1.82) is 0 Å². The molecule has 5 aromatic carbocycles. The number of hydrogen-bond acceptors (Lipinski definition) is 1. The maximum atomic E-state index is 17.1. The standard InChI is InChI=1S/C36H16BF15OSi/c38-21-19(22(39)26(43)29(46)25(21)42)37(20-23(40)27(44)30(47)28(45)24(20)41)36(34(51)32(49)31(48)33(50)35(36)52)53-54(16-10-4-1-5-11-16,17-12-6-2-7-13-17)18-14-8-3-9-15-18/h1-15,34H. The highest BCUT2D eigenvalue weighted by Crippen LogP contribution is 2.48. The van der Waals surface area contributed by atoms with Gasteiger partial charge in [-0.05, 0) is 15.6 Å². The lowest BCUT2D eigenvalue weighted by Gasteiger charge is -2.48. The summed E-state index contributed by atoms with van der Waals surface area (Å²) in [5.41, 5.74) is -10.5. The maximum Gasteiger partial charge on any atom is 0.288 e. The third-order valence-corrected chi connectivity index (χ3v) is 13.0. The number of alkyl halides is 1. The van der Waals surface area contributed by atoms with Crippen LogP contribution in [0.15, 0.2) is 114 Å². The predicted molar refractivity (Wildman–Crippen MR) is 169 cm³/mol. The molecule has 6 rings (SSSR count). The van der Waals surface area contributed by atoms with E-state index in [0.29, 0.717) is 0 Å². The molecule has 1 aliphatic carbocycles. The van der Waals surface area contributed by atoms with E-state index in [1.807, 2.05) is 0 Å². The number of allylic oxidation sites excluding steroid dienone is 2. The Hall–Kier alpha value is -5.23. The molecule has 1 nitrogen and oxygen atoms in total. The summed E-state index contributed by atoms with van der Waals surface area (Å²) in [5, 5.41) is -0.608. The number of halogens is 15. The molecule has 18 heteroatoms. The van der Waals surface area contributed by atoms with Crippen LogP contribution < -0.4 is 26.5 Å². The third-order valence-electron chi connectivity index (χ3n) is 8.89. The van der Waals surface area contributed by atoms with Gasteiger partial charge in [0.1, 0.15) is 5.50 Å². The van der Waals surface area contributed by atoms with Crippen molar-refractivity contribution in [2.24, 2.45) is 0 Å². The van der Waals surface area contributed by atoms with Crippen molar-refractivity contribution < 1.29 is 70.3 Å². The summed E-state index contributed by atoms with van der Waals surface area (Å²) in [6, 6.07) is 19.0. The SMILES string of the molecule is FC1=C(F)C(F)C(O[Si](c2ccccc2)(c2ccccc2)c2ccccc2)(B(c2c(F)c(F)c(F)c(F)c2F)c2c(F)c(F)c(F)c(F)c2F)C(F)=C1F. The molecule has 0 saturated heterocycles. The second-order valence-electron chi connectivity index (χ2n) is 11.7. The lowest BCUT2D eigenvalue weighted by Crippen LogP contribution is -2.79. The van der Waals surface area contributed by atoms with Crippen LogP contribution in [-0.4, -0.2) is 26.7 Å². The Morgan fingerprint density at radius 1 is 0.426 bits per heavy atom. The first kappa shape index (κ1) is 38.5. The van der Waals surface area contributed by atoms with E-state index in [1.165, 1.54) is 91.0 Å².